The van der Waals surface area contributed by atoms with Crippen molar-refractivity contribution in [2.45, 2.75) is 61.1 Å². The Kier molecular flexibility index (Phi) is 8.28. The molecular weight excluding hydrogens is 504 g/mol. The molecule has 206 valence electrons. The highest BCUT2D eigenvalue weighted by molar-refractivity contribution is 8.02. The second kappa shape index (κ2) is 11.1. The number of ether oxygens (including phenoxy) is 2. The Balaban J connectivity index is 1.73. The van der Waals surface area contributed by atoms with Crippen molar-refractivity contribution in [1.82, 2.24) is 4.90 Å². The zero-order valence-corrected chi connectivity index (χ0v) is 23.2. The van der Waals surface area contributed by atoms with E-state index in [1.165, 1.54) is 4.90 Å². The highest BCUT2D eigenvalue weighted by atomic mass is 32.2. The van der Waals surface area contributed by atoms with Crippen LogP contribution in [0, 0.1) is 11.8 Å². The molecule has 3 fully saturated rings. The van der Waals surface area contributed by atoms with Gasteiger partial charge in [-0.3, -0.25) is 14.4 Å². The Morgan fingerprint density at radius 2 is 1.97 bits per heavy atom. The molecule has 6 atom stereocenters. The van der Waals surface area contributed by atoms with E-state index in [1.54, 1.807) is 67.1 Å². The first-order valence-corrected chi connectivity index (χ1v) is 14.0. The standard InChI is InChI=1S/C29H38N2O6S/c1-6-8-9-17-37-27(35)23-22-25(33)31(19(3)18-32)24(29(22)15-14-28(23,4)38-29)26(34)30(16-7-2)20-10-12-21(36-5)13-11-20/h6-7,10-13,19,22-24,32H,1-2,8-9,14-18H2,3-5H3/t19-,22+,23-,24?,28+,29?/m1/s1. The van der Waals surface area contributed by atoms with E-state index >= 15 is 0 Å². The summed E-state index contributed by atoms with van der Waals surface area (Å²) < 4.78 is 9.63. The number of hydrogen-bond donors (Lipinski definition) is 1. The number of fused-ring (bicyclic) bond motifs is 1. The van der Waals surface area contributed by atoms with Crippen molar-refractivity contribution in [2.24, 2.45) is 11.8 Å². The average Bonchev–Trinajstić information content (AvgIpc) is 3.49. The Morgan fingerprint density at radius 3 is 2.58 bits per heavy atom. The number of benzene rings is 1. The van der Waals surface area contributed by atoms with Crippen molar-refractivity contribution in [3.8, 4) is 5.75 Å². The molecule has 1 N–H and O–H groups in total. The summed E-state index contributed by atoms with van der Waals surface area (Å²) in [4.78, 5) is 45.1. The van der Waals surface area contributed by atoms with E-state index in [-0.39, 0.29) is 37.5 Å². The number of methoxy groups -OCH3 is 1. The number of carbonyl (C=O) groups excluding carboxylic acids is 3. The molecule has 9 heteroatoms. The Hall–Kier alpha value is -2.78. The maximum absolute atomic E-state index is 14.4. The number of likely N-dealkylation sites (tertiary alicyclic amines) is 1. The molecule has 0 aliphatic carbocycles. The lowest BCUT2D eigenvalue weighted by Crippen LogP contribution is -2.57. The first kappa shape index (κ1) is 28.2. The maximum Gasteiger partial charge on any atom is 0.311 e. The quantitative estimate of drug-likeness (QED) is 0.245. The molecule has 4 rings (SSSR count). The number of unbranched alkanes of at least 4 members (excludes halogenated alkanes) is 1. The molecule has 3 aliphatic heterocycles. The van der Waals surface area contributed by atoms with Crippen molar-refractivity contribution in [1.29, 1.82) is 0 Å². The summed E-state index contributed by atoms with van der Waals surface area (Å²) in [6.07, 6.45) is 6.16. The summed E-state index contributed by atoms with van der Waals surface area (Å²) >= 11 is 1.59. The Morgan fingerprint density at radius 1 is 1.26 bits per heavy atom. The maximum atomic E-state index is 14.4. The minimum Gasteiger partial charge on any atom is -0.497 e. The van der Waals surface area contributed by atoms with Crippen molar-refractivity contribution in [3.05, 3.63) is 49.6 Å². The van der Waals surface area contributed by atoms with Crippen LogP contribution in [0.3, 0.4) is 0 Å². The topological polar surface area (TPSA) is 96.4 Å². The minimum absolute atomic E-state index is 0.245. The molecule has 1 aromatic rings. The smallest absolute Gasteiger partial charge is 0.311 e. The third-order valence-electron chi connectivity index (χ3n) is 8.20. The molecule has 3 saturated heterocycles. The zero-order valence-electron chi connectivity index (χ0n) is 22.4. The van der Waals surface area contributed by atoms with Gasteiger partial charge in [0.05, 0.1) is 42.9 Å². The molecule has 3 aliphatic rings. The molecule has 3 heterocycles. The zero-order chi connectivity index (χ0) is 27.7. The number of carbonyl (C=O) groups is 3. The van der Waals surface area contributed by atoms with Crippen LogP contribution in [0.5, 0.6) is 5.75 Å². The van der Waals surface area contributed by atoms with Crippen LogP contribution in [0.25, 0.3) is 0 Å². The monoisotopic (exact) mass is 542 g/mol. The second-order valence-electron chi connectivity index (χ2n) is 10.5. The molecular formula is C29H38N2O6S. The van der Waals surface area contributed by atoms with E-state index in [9.17, 15) is 19.5 Å². The molecule has 1 aromatic carbocycles. The van der Waals surface area contributed by atoms with Crippen molar-refractivity contribution in [2.75, 3.05) is 31.8 Å². The number of nitrogens with zero attached hydrogens (tertiary/aromatic N) is 2. The second-order valence-corrected chi connectivity index (χ2v) is 12.4. The molecule has 2 unspecified atom stereocenters. The van der Waals surface area contributed by atoms with Crippen LogP contribution in [0.4, 0.5) is 5.69 Å². The number of aliphatic hydroxyl groups excluding tert-OH is 1. The summed E-state index contributed by atoms with van der Waals surface area (Å²) in [5.74, 6) is -1.57. The molecule has 0 aromatic heterocycles. The van der Waals surface area contributed by atoms with Crippen LogP contribution in [-0.2, 0) is 19.1 Å². The van der Waals surface area contributed by atoms with E-state index in [4.69, 9.17) is 9.47 Å². The lowest BCUT2D eigenvalue weighted by Gasteiger charge is -2.38. The van der Waals surface area contributed by atoms with Gasteiger partial charge in [0.1, 0.15) is 11.8 Å². The molecule has 38 heavy (non-hydrogen) atoms. The lowest BCUT2D eigenvalue weighted by atomic mass is 9.66. The number of anilines is 1. The van der Waals surface area contributed by atoms with Crippen LogP contribution < -0.4 is 9.64 Å². The fourth-order valence-corrected chi connectivity index (χ4v) is 8.74. The van der Waals surface area contributed by atoms with E-state index in [2.05, 4.69) is 13.2 Å². The number of rotatable bonds is 12. The number of amides is 2. The van der Waals surface area contributed by atoms with Gasteiger partial charge in [0.2, 0.25) is 5.91 Å². The van der Waals surface area contributed by atoms with E-state index < -0.39 is 33.4 Å². The third-order valence-corrected chi connectivity index (χ3v) is 10.2. The lowest BCUT2D eigenvalue weighted by molar-refractivity contribution is -0.156. The van der Waals surface area contributed by atoms with Gasteiger partial charge in [-0.25, -0.2) is 0 Å². The number of thioether (sulfide) groups is 1. The Labute approximate surface area is 229 Å². The van der Waals surface area contributed by atoms with Gasteiger partial charge in [0, 0.05) is 17.0 Å². The molecule has 2 amide bonds. The van der Waals surface area contributed by atoms with Crippen LogP contribution in [-0.4, -0.2) is 76.2 Å². The minimum atomic E-state index is -0.838. The normalized spacial score (nSPS) is 30.1. The fraction of sp³-hybridized carbons (Fsp3) is 0.552. The van der Waals surface area contributed by atoms with Crippen molar-refractivity contribution in [3.63, 3.8) is 0 Å². The molecule has 1 spiro atoms. The van der Waals surface area contributed by atoms with Gasteiger partial charge >= 0.3 is 5.97 Å². The van der Waals surface area contributed by atoms with Gasteiger partial charge in [-0.2, -0.15) is 0 Å². The average molecular weight is 543 g/mol. The van der Waals surface area contributed by atoms with Crippen molar-refractivity contribution >= 4 is 35.2 Å². The highest BCUT2D eigenvalue weighted by Crippen LogP contribution is 2.71. The van der Waals surface area contributed by atoms with Gasteiger partial charge in [-0.15, -0.1) is 24.9 Å². The summed E-state index contributed by atoms with van der Waals surface area (Å²) in [5.41, 5.74) is 0.654. The molecule has 0 radical (unpaired) electrons. The van der Waals surface area contributed by atoms with Gasteiger partial charge in [0.15, 0.2) is 0 Å². The van der Waals surface area contributed by atoms with Crippen LogP contribution in [0.1, 0.15) is 39.5 Å². The van der Waals surface area contributed by atoms with Gasteiger partial charge in [-0.05, 0) is 63.8 Å². The number of aliphatic hydroxyl groups is 1. The number of hydrogen-bond acceptors (Lipinski definition) is 7. The first-order chi connectivity index (χ1) is 18.2. The van der Waals surface area contributed by atoms with Crippen LogP contribution in [0.2, 0.25) is 0 Å². The SMILES string of the molecule is C=CCCCOC(=O)[C@H]1[C@H]2C(=O)N([C@H](C)CO)C(C(=O)N(CC=C)c3ccc(OC)cc3)C23CC[C@]1(C)S3. The Bertz CT molecular complexity index is 1090. The first-order valence-electron chi connectivity index (χ1n) is 13.2. The predicted molar refractivity (Wildman–Crippen MR) is 148 cm³/mol. The van der Waals surface area contributed by atoms with E-state index in [1.807, 2.05) is 6.92 Å². The van der Waals surface area contributed by atoms with E-state index in [0.717, 1.165) is 6.42 Å². The predicted octanol–water partition coefficient (Wildman–Crippen LogP) is 3.59. The summed E-state index contributed by atoms with van der Waals surface area (Å²) in [6.45, 7) is 11.5. The van der Waals surface area contributed by atoms with Gasteiger partial charge < -0.3 is 24.4 Å². The largest absolute Gasteiger partial charge is 0.497 e. The van der Waals surface area contributed by atoms with Crippen LogP contribution in [0.15, 0.2) is 49.6 Å². The summed E-state index contributed by atoms with van der Waals surface area (Å²) in [5, 5.41) is 10.1. The number of esters is 1. The number of allylic oxidation sites excluding steroid dienone is 1. The fourth-order valence-electron chi connectivity index (χ4n) is 6.41. The van der Waals surface area contributed by atoms with Crippen molar-refractivity contribution < 1.29 is 29.0 Å². The third kappa shape index (κ3) is 4.53. The van der Waals surface area contributed by atoms with E-state index in [0.29, 0.717) is 30.7 Å². The molecule has 2 bridgehead atoms. The van der Waals surface area contributed by atoms with Gasteiger partial charge in [0.25, 0.3) is 5.91 Å². The summed E-state index contributed by atoms with van der Waals surface area (Å²) in [6, 6.07) is 5.74. The molecule has 0 saturated carbocycles. The summed E-state index contributed by atoms with van der Waals surface area (Å²) in [7, 11) is 1.58. The highest BCUT2D eigenvalue weighted by Gasteiger charge is 2.78. The van der Waals surface area contributed by atoms with Crippen LogP contribution >= 0.6 is 11.8 Å². The van der Waals surface area contributed by atoms with Gasteiger partial charge in [-0.1, -0.05) is 12.2 Å². The molecule has 8 nitrogen and oxygen atoms in total.